The lowest BCUT2D eigenvalue weighted by molar-refractivity contribution is -0.148. The Morgan fingerprint density at radius 1 is 1.05 bits per heavy atom. The lowest BCUT2D eigenvalue weighted by atomic mass is 9.59. The van der Waals surface area contributed by atoms with Gasteiger partial charge in [-0.3, -0.25) is 9.17 Å². The lowest BCUT2D eigenvalue weighted by Gasteiger charge is -2.48. The predicted octanol–water partition coefficient (Wildman–Crippen LogP) is 9.14. The topological polar surface area (TPSA) is 122 Å². The van der Waals surface area contributed by atoms with Gasteiger partial charge < -0.3 is 24.3 Å². The highest BCUT2D eigenvalue weighted by Crippen LogP contribution is 2.58. The van der Waals surface area contributed by atoms with Crippen molar-refractivity contribution in [2.45, 2.75) is 106 Å². The molecule has 308 valence electrons. The van der Waals surface area contributed by atoms with E-state index in [1.807, 2.05) is 43.5 Å². The van der Waals surface area contributed by atoms with Crippen molar-refractivity contribution in [1.82, 2.24) is 4.98 Å². The Hall–Kier alpha value is -4.32. The Morgan fingerprint density at radius 2 is 1.84 bits per heavy atom. The first kappa shape index (κ1) is 40.5. The minimum absolute atomic E-state index is 0.102. The van der Waals surface area contributed by atoms with Gasteiger partial charge in [-0.2, -0.15) is 8.42 Å². The second kappa shape index (κ2) is 16.4. The number of hydrogen-bond acceptors (Lipinski definition) is 10. The first-order valence-electron chi connectivity index (χ1n) is 20.5. The second-order valence-corrected chi connectivity index (χ2v) is 19.0. The average molecular weight is 829 g/mol. The minimum Gasteiger partial charge on any atom is -0.493 e. The van der Waals surface area contributed by atoms with E-state index in [-0.39, 0.29) is 41.3 Å². The summed E-state index contributed by atoms with van der Waals surface area (Å²) >= 11 is 6.36. The van der Waals surface area contributed by atoms with Gasteiger partial charge in [-0.15, -0.1) is 0 Å². The summed E-state index contributed by atoms with van der Waals surface area (Å²) in [5.74, 6) is 2.81. The van der Waals surface area contributed by atoms with Crippen LogP contribution in [0, 0.1) is 18.8 Å². The van der Waals surface area contributed by atoms with Gasteiger partial charge in [0.05, 0.1) is 18.6 Å². The van der Waals surface area contributed by atoms with E-state index in [1.54, 1.807) is 24.3 Å². The van der Waals surface area contributed by atoms with Gasteiger partial charge in [0.2, 0.25) is 0 Å². The summed E-state index contributed by atoms with van der Waals surface area (Å²) in [7, 11) is -2.52. The van der Waals surface area contributed by atoms with Gasteiger partial charge in [0.1, 0.15) is 24.5 Å². The van der Waals surface area contributed by atoms with Crippen molar-refractivity contribution in [3.63, 3.8) is 0 Å². The molecule has 1 aliphatic heterocycles. The molecule has 0 unspecified atom stereocenters. The number of fused-ring (bicyclic) bond motifs is 4. The van der Waals surface area contributed by atoms with Gasteiger partial charge in [-0.25, -0.2) is 4.79 Å². The van der Waals surface area contributed by atoms with Crippen LogP contribution in [0.5, 0.6) is 17.2 Å². The van der Waals surface area contributed by atoms with Crippen molar-refractivity contribution >= 4 is 33.4 Å². The molecule has 3 aromatic carbocycles. The van der Waals surface area contributed by atoms with E-state index in [0.29, 0.717) is 41.9 Å². The maximum Gasteiger partial charge on any atom is 0.331 e. The highest BCUT2D eigenvalue weighted by molar-refractivity contribution is 7.86. The molecular formula is C46H53ClN2O8S. The highest BCUT2D eigenvalue weighted by atomic mass is 35.5. The van der Waals surface area contributed by atoms with E-state index in [2.05, 4.69) is 36.3 Å². The van der Waals surface area contributed by atoms with Gasteiger partial charge in [0.15, 0.2) is 17.6 Å². The predicted molar refractivity (Wildman–Crippen MR) is 223 cm³/mol. The summed E-state index contributed by atoms with van der Waals surface area (Å²) in [5.41, 5.74) is 5.41. The zero-order valence-corrected chi connectivity index (χ0v) is 35.3. The molecule has 58 heavy (non-hydrogen) atoms. The van der Waals surface area contributed by atoms with Crippen molar-refractivity contribution in [1.29, 1.82) is 0 Å². The molecule has 0 amide bonds. The first-order valence-corrected chi connectivity index (χ1v) is 22.3. The number of nitrogens with zero attached hydrogens (tertiary/aromatic N) is 1. The number of carbonyl (C=O) groups is 1. The van der Waals surface area contributed by atoms with Gasteiger partial charge in [0, 0.05) is 28.2 Å². The third-order valence-corrected chi connectivity index (χ3v) is 14.5. The van der Waals surface area contributed by atoms with E-state index in [4.69, 9.17) is 34.7 Å². The Bertz CT molecular complexity index is 2260. The molecule has 1 aromatic heterocycles. The maximum atomic E-state index is 13.6. The van der Waals surface area contributed by atoms with Crippen molar-refractivity contribution in [2.24, 2.45) is 11.8 Å². The monoisotopic (exact) mass is 828 g/mol. The fourth-order valence-electron chi connectivity index (χ4n) is 9.92. The Kier molecular flexibility index (Phi) is 11.4. The molecule has 4 atom stereocenters. The smallest absolute Gasteiger partial charge is 0.331 e. The third kappa shape index (κ3) is 8.02. The van der Waals surface area contributed by atoms with Crippen LogP contribution in [0.1, 0.15) is 92.7 Å². The first-order chi connectivity index (χ1) is 27.9. The molecule has 2 heterocycles. The summed E-state index contributed by atoms with van der Waals surface area (Å²) in [6, 6.07) is 20.3. The van der Waals surface area contributed by atoms with E-state index < -0.39 is 21.8 Å². The summed E-state index contributed by atoms with van der Waals surface area (Å²) in [6.07, 6.45) is 8.94. The number of carbonyl (C=O) groups excluding carboxylic acids is 1. The SMILES string of the molecule is COC(=O)C1(Nc2cccc(Cl)c2)CCC2(CC1)c1cc3c(cc1C[C@@H]2C[C@@H](C)COc1ccnc2c1[C@H](C)CCC2)O[C@@H](COS(=O)(=O)c1ccc(C)cc1)CO3. The van der Waals surface area contributed by atoms with E-state index >= 15 is 0 Å². The number of ether oxygens (including phenoxy) is 4. The van der Waals surface area contributed by atoms with Gasteiger partial charge >= 0.3 is 5.97 Å². The van der Waals surface area contributed by atoms with Gasteiger partial charge in [-0.1, -0.05) is 49.2 Å². The molecule has 8 rings (SSSR count). The van der Waals surface area contributed by atoms with Crippen molar-refractivity contribution in [3.8, 4) is 17.2 Å². The molecule has 1 saturated carbocycles. The third-order valence-electron chi connectivity index (χ3n) is 13.0. The van der Waals surface area contributed by atoms with Crippen LogP contribution in [0.25, 0.3) is 0 Å². The summed E-state index contributed by atoms with van der Waals surface area (Å²) in [6.45, 7) is 6.99. The maximum absolute atomic E-state index is 13.6. The van der Waals surface area contributed by atoms with Crippen LogP contribution in [-0.4, -0.2) is 57.9 Å². The number of aryl methyl sites for hydroxylation is 2. The van der Waals surface area contributed by atoms with Gasteiger partial charge in [-0.05, 0) is 148 Å². The van der Waals surface area contributed by atoms with Crippen molar-refractivity contribution < 1.29 is 36.3 Å². The molecule has 0 saturated heterocycles. The van der Waals surface area contributed by atoms with Crippen molar-refractivity contribution in [2.75, 3.05) is 32.2 Å². The number of nitrogens with one attached hydrogen (secondary N) is 1. The number of halogens is 1. The number of pyridine rings is 1. The highest BCUT2D eigenvalue weighted by Gasteiger charge is 2.55. The fraction of sp³-hybridized carbons (Fsp3) is 0.478. The summed E-state index contributed by atoms with van der Waals surface area (Å²) in [4.78, 5) is 18.4. The minimum atomic E-state index is -3.96. The standard InChI is InChI=1S/C46H53ClN2O8S/c1-29-11-13-37(14-12-29)58(51,52)56-28-36-27-55-41-25-38-32(23-42(41)57-36)22-33(21-30(2)26-54-40-15-20-48-39-10-5-7-31(3)43(39)40)45(38)16-18-46(19-17-45,44(50)53-4)49-35-9-6-8-34(47)24-35/h6,8-9,11-15,20,23-25,30-31,33,36,49H,5,7,10,16-19,21-22,26-28H2,1-4H3/t30-,31-,33+,36-,45?,46?/m1/s1. The molecule has 3 aliphatic carbocycles. The number of rotatable bonds is 12. The largest absolute Gasteiger partial charge is 0.493 e. The molecule has 4 aliphatic rings. The Labute approximate surface area is 347 Å². The lowest BCUT2D eigenvalue weighted by Crippen LogP contribution is -2.53. The molecule has 0 radical (unpaired) electrons. The zero-order valence-electron chi connectivity index (χ0n) is 33.7. The van der Waals surface area contributed by atoms with Crippen LogP contribution >= 0.6 is 11.6 Å². The molecule has 1 fully saturated rings. The average Bonchev–Trinajstić information content (AvgIpc) is 3.49. The molecular weight excluding hydrogens is 776 g/mol. The van der Waals surface area contributed by atoms with Gasteiger partial charge in [0.25, 0.3) is 10.1 Å². The normalized spacial score (nSPS) is 25.4. The molecule has 4 aromatic rings. The van der Waals surface area contributed by atoms with E-state index in [0.717, 1.165) is 67.6 Å². The number of hydrogen-bond donors (Lipinski definition) is 1. The zero-order chi connectivity index (χ0) is 40.7. The molecule has 1 N–H and O–H groups in total. The number of methoxy groups -OCH3 is 1. The van der Waals surface area contributed by atoms with Crippen LogP contribution < -0.4 is 19.5 Å². The summed E-state index contributed by atoms with van der Waals surface area (Å²) in [5, 5.41) is 4.14. The Balaban J connectivity index is 1.04. The number of esters is 1. The van der Waals surface area contributed by atoms with Crippen LogP contribution in [0.3, 0.4) is 0 Å². The van der Waals surface area contributed by atoms with E-state index in [9.17, 15) is 13.2 Å². The number of aromatic nitrogens is 1. The fourth-order valence-corrected chi connectivity index (χ4v) is 11.0. The summed E-state index contributed by atoms with van der Waals surface area (Å²) < 4.78 is 56.1. The molecule has 1 spiro atoms. The number of anilines is 1. The Morgan fingerprint density at radius 3 is 2.60 bits per heavy atom. The number of benzene rings is 3. The van der Waals surface area contributed by atoms with Crippen LogP contribution in [0.15, 0.2) is 77.8 Å². The van der Waals surface area contributed by atoms with Crippen molar-refractivity contribution in [3.05, 3.63) is 106 Å². The molecule has 10 nitrogen and oxygen atoms in total. The second-order valence-electron chi connectivity index (χ2n) is 16.9. The quantitative estimate of drug-likeness (QED) is 0.109. The van der Waals surface area contributed by atoms with Crippen LogP contribution in [0.4, 0.5) is 5.69 Å². The van der Waals surface area contributed by atoms with E-state index in [1.165, 1.54) is 23.8 Å². The molecule has 0 bridgehead atoms. The van der Waals surface area contributed by atoms with Crippen LogP contribution in [0.2, 0.25) is 5.02 Å². The van der Waals surface area contributed by atoms with Crippen LogP contribution in [-0.2, 0) is 42.1 Å². The molecule has 12 heteroatoms.